The molecular weight excluding hydrogens is 402 g/mol. The van der Waals surface area contributed by atoms with Crippen LogP contribution in [-0.4, -0.2) is 32.6 Å². The van der Waals surface area contributed by atoms with Gasteiger partial charge >= 0.3 is 0 Å². The van der Waals surface area contributed by atoms with Crippen molar-refractivity contribution in [2.24, 2.45) is 23.0 Å². The Morgan fingerprint density at radius 3 is 2.69 bits per heavy atom. The third-order valence-electron chi connectivity index (χ3n) is 6.51. The van der Waals surface area contributed by atoms with Crippen molar-refractivity contribution < 1.29 is 4.79 Å². The molecule has 8 nitrogen and oxygen atoms in total. The van der Waals surface area contributed by atoms with E-state index in [1.165, 1.54) is 0 Å². The molecule has 0 bridgehead atoms. The second-order valence-electron chi connectivity index (χ2n) is 10.3. The van der Waals surface area contributed by atoms with Crippen LogP contribution in [-0.2, 0) is 4.79 Å². The average Bonchev–Trinajstić information content (AvgIpc) is 3.39. The summed E-state index contributed by atoms with van der Waals surface area (Å²) in [7, 11) is 0. The van der Waals surface area contributed by atoms with Crippen LogP contribution in [0.3, 0.4) is 0 Å². The average molecular weight is 438 g/mol. The number of carbonyl (C=O) groups excluding carboxylic acids is 1. The third-order valence-corrected chi connectivity index (χ3v) is 6.51. The summed E-state index contributed by atoms with van der Waals surface area (Å²) in [5, 5.41) is 11.2. The second-order valence-corrected chi connectivity index (χ2v) is 10.3. The number of fused-ring (bicyclic) bond motifs is 1. The predicted octanol–water partition coefficient (Wildman–Crippen LogP) is 3.89. The SMILES string of the molecule is CC(C)(C)C[C@H](NC(=O)C1CCC(CN)CC1)c1ncc(-c2ccc3c(N)n[nH]c3c2)[nH]1. The Morgan fingerprint density at radius 1 is 1.25 bits per heavy atom. The molecule has 1 aromatic carbocycles. The molecule has 0 unspecified atom stereocenters. The van der Waals surface area contributed by atoms with Crippen LogP contribution in [0.4, 0.5) is 5.82 Å². The first-order valence-corrected chi connectivity index (χ1v) is 11.5. The minimum Gasteiger partial charge on any atom is -0.382 e. The number of nitrogen functional groups attached to an aromatic ring is 1. The van der Waals surface area contributed by atoms with Crippen molar-refractivity contribution >= 4 is 22.6 Å². The molecule has 3 aromatic rings. The highest BCUT2D eigenvalue weighted by molar-refractivity contribution is 5.91. The lowest BCUT2D eigenvalue weighted by Gasteiger charge is -2.30. The van der Waals surface area contributed by atoms with Gasteiger partial charge in [0.1, 0.15) is 5.82 Å². The summed E-state index contributed by atoms with van der Waals surface area (Å²) in [4.78, 5) is 21.2. The first-order valence-electron chi connectivity index (χ1n) is 11.5. The molecule has 0 spiro atoms. The van der Waals surface area contributed by atoms with E-state index in [2.05, 4.69) is 46.3 Å². The van der Waals surface area contributed by atoms with Gasteiger partial charge in [0.25, 0.3) is 0 Å². The molecule has 1 saturated carbocycles. The minimum absolute atomic E-state index is 0.0362. The summed E-state index contributed by atoms with van der Waals surface area (Å²) in [6, 6.07) is 5.79. The number of nitrogens with one attached hydrogen (secondary N) is 3. The van der Waals surface area contributed by atoms with Crippen LogP contribution in [0.1, 0.15) is 64.7 Å². The van der Waals surface area contributed by atoms with Crippen LogP contribution in [0.15, 0.2) is 24.4 Å². The van der Waals surface area contributed by atoms with Crippen molar-refractivity contribution in [2.45, 2.75) is 58.9 Å². The number of amides is 1. The molecule has 8 heteroatoms. The maximum atomic E-state index is 13.1. The van der Waals surface area contributed by atoms with E-state index in [0.717, 1.165) is 60.1 Å². The van der Waals surface area contributed by atoms with E-state index < -0.39 is 0 Å². The third kappa shape index (κ3) is 4.96. The fraction of sp³-hybridized carbons (Fsp3) is 0.542. The molecule has 1 aliphatic rings. The number of nitrogens with two attached hydrogens (primary N) is 2. The van der Waals surface area contributed by atoms with Gasteiger partial charge in [0, 0.05) is 16.9 Å². The van der Waals surface area contributed by atoms with Gasteiger partial charge in [-0.3, -0.25) is 9.89 Å². The highest BCUT2D eigenvalue weighted by Gasteiger charge is 2.30. The lowest BCUT2D eigenvalue weighted by molar-refractivity contribution is -0.127. The number of aromatic nitrogens is 4. The van der Waals surface area contributed by atoms with E-state index in [9.17, 15) is 4.79 Å². The first-order chi connectivity index (χ1) is 15.2. The summed E-state index contributed by atoms with van der Waals surface area (Å²) < 4.78 is 0. The summed E-state index contributed by atoms with van der Waals surface area (Å²) in [5.41, 5.74) is 14.5. The Balaban J connectivity index is 1.53. The lowest BCUT2D eigenvalue weighted by atomic mass is 9.81. The molecule has 2 aromatic heterocycles. The molecule has 1 amide bonds. The summed E-state index contributed by atoms with van der Waals surface area (Å²) in [6.45, 7) is 7.25. The van der Waals surface area contributed by atoms with Gasteiger partial charge in [0.15, 0.2) is 5.82 Å². The Hall–Kier alpha value is -2.87. The number of H-pyrrole nitrogens is 2. The highest BCUT2D eigenvalue weighted by atomic mass is 16.2. The van der Waals surface area contributed by atoms with Crippen LogP contribution in [0.25, 0.3) is 22.2 Å². The Labute approximate surface area is 188 Å². The van der Waals surface area contributed by atoms with Gasteiger partial charge in [0.05, 0.1) is 23.4 Å². The highest BCUT2D eigenvalue weighted by Crippen LogP contribution is 2.33. The summed E-state index contributed by atoms with van der Waals surface area (Å²) in [5.74, 6) is 2.01. The molecule has 0 aliphatic heterocycles. The molecule has 32 heavy (non-hydrogen) atoms. The molecule has 1 fully saturated rings. The number of hydrogen-bond acceptors (Lipinski definition) is 5. The Kier molecular flexibility index (Phi) is 6.24. The van der Waals surface area contributed by atoms with E-state index in [4.69, 9.17) is 11.5 Å². The summed E-state index contributed by atoms with van der Waals surface area (Å²) >= 11 is 0. The second kappa shape index (κ2) is 8.94. The Bertz CT molecular complexity index is 1070. The quantitative estimate of drug-likeness (QED) is 0.398. The van der Waals surface area contributed by atoms with Crippen molar-refractivity contribution in [1.82, 2.24) is 25.5 Å². The van der Waals surface area contributed by atoms with E-state index in [1.807, 2.05) is 24.4 Å². The number of aromatic amines is 2. The van der Waals surface area contributed by atoms with Crippen molar-refractivity contribution in [2.75, 3.05) is 12.3 Å². The number of imidazole rings is 1. The van der Waals surface area contributed by atoms with Gasteiger partial charge in [-0.15, -0.1) is 0 Å². The van der Waals surface area contributed by atoms with E-state index in [-0.39, 0.29) is 23.3 Å². The molecule has 7 N–H and O–H groups in total. The maximum absolute atomic E-state index is 13.1. The van der Waals surface area contributed by atoms with Gasteiger partial charge in [-0.05, 0) is 62.1 Å². The molecule has 1 aliphatic carbocycles. The smallest absolute Gasteiger partial charge is 0.223 e. The van der Waals surface area contributed by atoms with Gasteiger partial charge in [0.2, 0.25) is 5.91 Å². The molecule has 0 saturated heterocycles. The summed E-state index contributed by atoms with van der Waals surface area (Å²) in [6.07, 6.45) is 6.50. The van der Waals surface area contributed by atoms with Crippen molar-refractivity contribution in [1.29, 1.82) is 0 Å². The van der Waals surface area contributed by atoms with Crippen LogP contribution in [0, 0.1) is 17.3 Å². The zero-order valence-corrected chi connectivity index (χ0v) is 19.2. The van der Waals surface area contributed by atoms with Gasteiger partial charge in [-0.2, -0.15) is 5.10 Å². The van der Waals surface area contributed by atoms with E-state index >= 15 is 0 Å². The topological polar surface area (TPSA) is 138 Å². The first kappa shape index (κ1) is 22.3. The number of rotatable bonds is 6. The molecule has 4 rings (SSSR count). The monoisotopic (exact) mass is 437 g/mol. The van der Waals surface area contributed by atoms with Gasteiger partial charge < -0.3 is 21.8 Å². The van der Waals surface area contributed by atoms with Crippen LogP contribution in [0.5, 0.6) is 0 Å². The standard InChI is InChI=1S/C24H35N7O/c1-24(2,3)11-19(29-23(32)15-6-4-14(12-25)5-7-15)22-27-13-20(28-22)16-8-9-17-18(10-16)30-31-21(17)26/h8-10,13-15,19H,4-7,11-12,25H2,1-3H3,(H,27,28)(H,29,32)(H3,26,30,31)/t14?,15?,19-/m0/s1. The van der Waals surface area contributed by atoms with Crippen LogP contribution >= 0.6 is 0 Å². The molecule has 1 atom stereocenters. The number of hydrogen-bond donors (Lipinski definition) is 5. The zero-order valence-electron chi connectivity index (χ0n) is 19.2. The van der Waals surface area contributed by atoms with E-state index in [0.29, 0.717) is 18.3 Å². The van der Waals surface area contributed by atoms with Crippen LogP contribution < -0.4 is 16.8 Å². The Morgan fingerprint density at radius 2 is 2.00 bits per heavy atom. The minimum atomic E-state index is -0.171. The predicted molar refractivity (Wildman–Crippen MR) is 128 cm³/mol. The molecule has 2 heterocycles. The van der Waals surface area contributed by atoms with Crippen LogP contribution in [0.2, 0.25) is 0 Å². The number of carbonyl (C=O) groups is 1. The zero-order chi connectivity index (χ0) is 22.9. The fourth-order valence-corrected chi connectivity index (χ4v) is 4.65. The maximum Gasteiger partial charge on any atom is 0.223 e. The molecule has 0 radical (unpaired) electrons. The number of benzene rings is 1. The number of nitrogens with zero attached hydrogens (tertiary/aromatic N) is 2. The van der Waals surface area contributed by atoms with Gasteiger partial charge in [-0.1, -0.05) is 26.8 Å². The van der Waals surface area contributed by atoms with Crippen molar-refractivity contribution in [3.63, 3.8) is 0 Å². The lowest BCUT2D eigenvalue weighted by Crippen LogP contribution is -2.38. The molecular formula is C24H35N7O. The van der Waals surface area contributed by atoms with Crippen molar-refractivity contribution in [3.05, 3.63) is 30.2 Å². The largest absolute Gasteiger partial charge is 0.382 e. The van der Waals surface area contributed by atoms with Crippen molar-refractivity contribution in [3.8, 4) is 11.3 Å². The van der Waals surface area contributed by atoms with Gasteiger partial charge in [-0.25, -0.2) is 4.98 Å². The normalized spacial score (nSPS) is 20.4. The van der Waals surface area contributed by atoms with E-state index in [1.54, 1.807) is 0 Å². The molecule has 172 valence electrons. The number of anilines is 1. The fourth-order valence-electron chi connectivity index (χ4n) is 4.65.